The molecule has 7 nitrogen and oxygen atoms in total. The van der Waals surface area contributed by atoms with Gasteiger partial charge in [0.1, 0.15) is 0 Å². The Labute approximate surface area is 159 Å². The first-order valence-corrected chi connectivity index (χ1v) is 9.18. The van der Waals surface area contributed by atoms with E-state index in [1.807, 2.05) is 30.3 Å². The molecule has 2 heterocycles. The lowest BCUT2D eigenvalue weighted by molar-refractivity contribution is -0.126. The van der Waals surface area contributed by atoms with E-state index in [4.69, 9.17) is 4.74 Å². The van der Waals surface area contributed by atoms with Crippen LogP contribution in [0.1, 0.15) is 43.1 Å². The van der Waals surface area contributed by atoms with Crippen molar-refractivity contribution in [2.24, 2.45) is 5.92 Å². The quantitative estimate of drug-likeness (QED) is 0.783. The first-order valence-electron chi connectivity index (χ1n) is 9.18. The fourth-order valence-corrected chi connectivity index (χ4v) is 3.22. The van der Waals surface area contributed by atoms with Gasteiger partial charge in [0.2, 0.25) is 11.8 Å². The van der Waals surface area contributed by atoms with E-state index < -0.39 is 0 Å². The van der Waals surface area contributed by atoms with Crippen LogP contribution in [0.3, 0.4) is 0 Å². The molecule has 1 aliphatic heterocycles. The third kappa shape index (κ3) is 4.54. The summed E-state index contributed by atoms with van der Waals surface area (Å²) in [6, 6.07) is 9.84. The number of ether oxygens (including phenoxy) is 1. The molecule has 1 aromatic carbocycles. The largest absolute Gasteiger partial charge is 0.378 e. The predicted octanol–water partition coefficient (Wildman–Crippen LogP) is 2.35. The van der Waals surface area contributed by atoms with Crippen LogP contribution in [0.15, 0.2) is 30.3 Å². The number of hydrogen-bond acceptors (Lipinski definition) is 4. The lowest BCUT2D eigenvalue weighted by atomic mass is 10.0. The van der Waals surface area contributed by atoms with Crippen molar-refractivity contribution in [3.8, 4) is 0 Å². The number of H-pyrrole nitrogens is 1. The summed E-state index contributed by atoms with van der Waals surface area (Å²) in [6.45, 7) is 5.45. The fourth-order valence-electron chi connectivity index (χ4n) is 3.22. The maximum Gasteiger partial charge on any atom is 0.227 e. The third-order valence-corrected chi connectivity index (χ3v) is 4.80. The maximum absolute atomic E-state index is 12.5. The molecule has 144 valence electrons. The van der Waals surface area contributed by atoms with Crippen molar-refractivity contribution in [2.45, 2.75) is 39.3 Å². The van der Waals surface area contributed by atoms with E-state index in [0.29, 0.717) is 25.6 Å². The van der Waals surface area contributed by atoms with Crippen molar-refractivity contribution >= 4 is 17.5 Å². The summed E-state index contributed by atoms with van der Waals surface area (Å²) in [7, 11) is 1.61. The molecule has 0 aliphatic carbocycles. The van der Waals surface area contributed by atoms with Crippen LogP contribution in [-0.4, -0.2) is 35.7 Å². The second kappa shape index (κ2) is 8.35. The number of nitrogens with zero attached hydrogens (tertiary/aromatic N) is 2. The second-order valence-electron chi connectivity index (χ2n) is 7.19. The summed E-state index contributed by atoms with van der Waals surface area (Å²) in [5.41, 5.74) is 3.67. The molecule has 0 bridgehead atoms. The average Bonchev–Trinajstić information content (AvgIpc) is 3.26. The Kier molecular flexibility index (Phi) is 5.91. The lowest BCUT2D eigenvalue weighted by Gasteiger charge is -2.17. The highest BCUT2D eigenvalue weighted by Gasteiger charge is 2.35. The number of carbonyl (C=O) groups excluding carboxylic acids is 2. The van der Waals surface area contributed by atoms with Gasteiger partial charge in [-0.05, 0) is 29.7 Å². The highest BCUT2D eigenvalue weighted by molar-refractivity contribution is 6.00. The number of benzene rings is 1. The van der Waals surface area contributed by atoms with Gasteiger partial charge in [-0.1, -0.05) is 26.0 Å². The fraction of sp³-hybridized carbons (Fsp3) is 0.450. The first kappa shape index (κ1) is 19.1. The lowest BCUT2D eigenvalue weighted by Crippen LogP contribution is -2.32. The van der Waals surface area contributed by atoms with Gasteiger partial charge in [0, 0.05) is 25.8 Å². The van der Waals surface area contributed by atoms with Gasteiger partial charge in [-0.15, -0.1) is 0 Å². The van der Waals surface area contributed by atoms with Gasteiger partial charge >= 0.3 is 0 Å². The van der Waals surface area contributed by atoms with Crippen molar-refractivity contribution < 1.29 is 14.3 Å². The maximum atomic E-state index is 12.5. The van der Waals surface area contributed by atoms with Crippen molar-refractivity contribution in [3.05, 3.63) is 47.3 Å². The summed E-state index contributed by atoms with van der Waals surface area (Å²) in [6.07, 6.45) is 0.232. The summed E-state index contributed by atoms with van der Waals surface area (Å²) in [4.78, 5) is 26.5. The van der Waals surface area contributed by atoms with E-state index in [1.165, 1.54) is 5.56 Å². The zero-order valence-corrected chi connectivity index (χ0v) is 16.0. The molecule has 0 unspecified atom stereocenters. The Bertz CT molecular complexity index is 798. The molecule has 1 fully saturated rings. The van der Waals surface area contributed by atoms with Gasteiger partial charge in [-0.3, -0.25) is 14.7 Å². The van der Waals surface area contributed by atoms with Crippen LogP contribution >= 0.6 is 0 Å². The Morgan fingerprint density at radius 3 is 2.78 bits per heavy atom. The Morgan fingerprint density at radius 2 is 2.11 bits per heavy atom. The van der Waals surface area contributed by atoms with Crippen molar-refractivity contribution in [1.82, 2.24) is 15.5 Å². The molecule has 2 amide bonds. The summed E-state index contributed by atoms with van der Waals surface area (Å²) in [5.74, 6) is -0.0358. The van der Waals surface area contributed by atoms with E-state index in [9.17, 15) is 9.59 Å². The van der Waals surface area contributed by atoms with E-state index in [1.54, 1.807) is 12.0 Å². The molecule has 7 heteroatoms. The van der Waals surface area contributed by atoms with Gasteiger partial charge in [-0.25, -0.2) is 0 Å². The summed E-state index contributed by atoms with van der Waals surface area (Å²) >= 11 is 0. The normalized spacial score (nSPS) is 17.0. The highest BCUT2D eigenvalue weighted by Crippen LogP contribution is 2.27. The molecule has 1 aliphatic rings. The van der Waals surface area contributed by atoms with E-state index >= 15 is 0 Å². The minimum atomic E-state index is -0.344. The van der Waals surface area contributed by atoms with Gasteiger partial charge in [-0.2, -0.15) is 5.10 Å². The van der Waals surface area contributed by atoms with Gasteiger partial charge in [0.25, 0.3) is 0 Å². The number of methoxy groups -OCH3 is 1. The highest BCUT2D eigenvalue weighted by atomic mass is 16.5. The van der Waals surface area contributed by atoms with Crippen LogP contribution < -0.4 is 10.2 Å². The number of nitrogens with one attached hydrogen (secondary N) is 2. The first-order chi connectivity index (χ1) is 13.0. The number of rotatable bonds is 7. The second-order valence-corrected chi connectivity index (χ2v) is 7.19. The molecule has 1 aromatic heterocycles. The Morgan fingerprint density at radius 1 is 1.37 bits per heavy atom. The van der Waals surface area contributed by atoms with Crippen LogP contribution in [0.2, 0.25) is 0 Å². The molecular formula is C20H26N4O3. The van der Waals surface area contributed by atoms with Crippen molar-refractivity contribution in [1.29, 1.82) is 0 Å². The van der Waals surface area contributed by atoms with Crippen LogP contribution in [0, 0.1) is 5.92 Å². The molecule has 0 saturated carbocycles. The monoisotopic (exact) mass is 370 g/mol. The molecule has 27 heavy (non-hydrogen) atoms. The number of hydrogen-bond donors (Lipinski definition) is 2. The van der Waals surface area contributed by atoms with Crippen LogP contribution in [0.4, 0.5) is 5.69 Å². The average molecular weight is 370 g/mol. The molecule has 0 spiro atoms. The molecule has 1 atom stereocenters. The zero-order chi connectivity index (χ0) is 19.4. The van der Waals surface area contributed by atoms with Crippen LogP contribution in [-0.2, 0) is 27.5 Å². The molecule has 1 saturated heterocycles. The van der Waals surface area contributed by atoms with Crippen molar-refractivity contribution in [3.63, 3.8) is 0 Å². The topological polar surface area (TPSA) is 87.3 Å². The van der Waals surface area contributed by atoms with Crippen molar-refractivity contribution in [2.75, 3.05) is 18.6 Å². The SMILES string of the molecule is COCc1cc(CNC(=O)[C@@H]2CC(=O)N(c3ccc(C(C)C)cc3)C2)[nH]n1. The van der Waals surface area contributed by atoms with E-state index in [-0.39, 0.29) is 24.2 Å². The zero-order valence-electron chi connectivity index (χ0n) is 16.0. The third-order valence-electron chi connectivity index (χ3n) is 4.80. The number of aromatic nitrogens is 2. The minimum absolute atomic E-state index is 0.0173. The van der Waals surface area contributed by atoms with E-state index in [2.05, 4.69) is 29.4 Å². The predicted molar refractivity (Wildman–Crippen MR) is 102 cm³/mol. The van der Waals surface area contributed by atoms with E-state index in [0.717, 1.165) is 17.1 Å². The van der Waals surface area contributed by atoms with Gasteiger partial charge < -0.3 is 15.0 Å². The number of amides is 2. The Balaban J connectivity index is 1.56. The standard InChI is InChI=1S/C20H26N4O3/c1-13(2)14-4-6-18(7-5-14)24-11-15(8-19(24)25)20(26)21-10-16-9-17(12-27-3)23-22-16/h4-7,9,13,15H,8,10-12H2,1-3H3,(H,21,26)(H,22,23)/t15-/m1/s1. The Hall–Kier alpha value is -2.67. The molecular weight excluding hydrogens is 344 g/mol. The number of carbonyl (C=O) groups is 2. The van der Waals surface area contributed by atoms with Crippen LogP contribution in [0.25, 0.3) is 0 Å². The number of aromatic amines is 1. The smallest absolute Gasteiger partial charge is 0.227 e. The molecule has 2 aromatic rings. The molecule has 2 N–H and O–H groups in total. The minimum Gasteiger partial charge on any atom is -0.378 e. The van der Waals surface area contributed by atoms with Gasteiger partial charge in [0.15, 0.2) is 0 Å². The van der Waals surface area contributed by atoms with Crippen LogP contribution in [0.5, 0.6) is 0 Å². The molecule has 3 rings (SSSR count). The molecule has 0 radical (unpaired) electrons. The summed E-state index contributed by atoms with van der Waals surface area (Å²) in [5, 5.41) is 9.86. The van der Waals surface area contributed by atoms with Gasteiger partial charge in [0.05, 0.1) is 30.5 Å². The summed E-state index contributed by atoms with van der Waals surface area (Å²) < 4.78 is 5.02. The number of anilines is 1.